The number of rotatable bonds is 7. The number of aromatic nitrogens is 2. The summed E-state index contributed by atoms with van der Waals surface area (Å²) in [6.07, 6.45) is 1.28. The van der Waals surface area contributed by atoms with E-state index >= 15 is 0 Å². The highest BCUT2D eigenvalue weighted by molar-refractivity contribution is 5.97. The number of carbonyl (C=O) groups is 3. The van der Waals surface area contributed by atoms with Crippen LogP contribution >= 0.6 is 0 Å². The maximum atomic E-state index is 12.7. The van der Waals surface area contributed by atoms with E-state index in [0.29, 0.717) is 5.69 Å². The van der Waals surface area contributed by atoms with Crippen molar-refractivity contribution in [2.24, 2.45) is 0 Å². The van der Waals surface area contributed by atoms with Crippen molar-refractivity contribution >= 4 is 17.8 Å². The lowest BCUT2D eigenvalue weighted by Crippen LogP contribution is -2.46. The molecule has 0 aliphatic carbocycles. The van der Waals surface area contributed by atoms with Crippen LogP contribution in [0.15, 0.2) is 36.5 Å². The van der Waals surface area contributed by atoms with Gasteiger partial charge in [-0.2, -0.15) is 5.10 Å². The summed E-state index contributed by atoms with van der Waals surface area (Å²) in [6.45, 7) is 2.71. The van der Waals surface area contributed by atoms with E-state index in [1.165, 1.54) is 24.7 Å². The minimum absolute atomic E-state index is 0.0382. The number of nitrogens with one attached hydrogen (secondary N) is 1. The topological polar surface area (TPSA) is 125 Å². The maximum absolute atomic E-state index is 12.7. The molecular weight excluding hydrogens is 340 g/mol. The zero-order valence-electron chi connectivity index (χ0n) is 14.4. The molecule has 2 amide bonds. The molecule has 2 rings (SSSR count). The monoisotopic (exact) mass is 360 g/mol. The van der Waals surface area contributed by atoms with Gasteiger partial charge in [-0.05, 0) is 19.1 Å². The van der Waals surface area contributed by atoms with Crippen LogP contribution in [0.4, 0.5) is 0 Å². The highest BCUT2D eigenvalue weighted by Gasteiger charge is 2.30. The van der Waals surface area contributed by atoms with E-state index in [0.717, 1.165) is 4.90 Å². The summed E-state index contributed by atoms with van der Waals surface area (Å²) in [5.74, 6) is -2.60. The van der Waals surface area contributed by atoms with Crippen molar-refractivity contribution in [2.75, 3.05) is 13.1 Å². The summed E-state index contributed by atoms with van der Waals surface area (Å²) in [7, 11) is 0. The minimum atomic E-state index is -1.21. The highest BCUT2D eigenvalue weighted by atomic mass is 16.4. The van der Waals surface area contributed by atoms with Crippen molar-refractivity contribution in [3.8, 4) is 11.4 Å². The lowest BCUT2D eigenvalue weighted by molar-refractivity contribution is -0.141. The predicted octanol–water partition coefficient (Wildman–Crippen LogP) is 0.629. The summed E-state index contributed by atoms with van der Waals surface area (Å²) in [5.41, 5.74) is 0.378. The zero-order valence-corrected chi connectivity index (χ0v) is 14.4. The fourth-order valence-corrected chi connectivity index (χ4v) is 2.32. The molecule has 0 bridgehead atoms. The second kappa shape index (κ2) is 8.15. The molecule has 26 heavy (non-hydrogen) atoms. The summed E-state index contributed by atoms with van der Waals surface area (Å²) in [4.78, 5) is 36.1. The Kier molecular flexibility index (Phi) is 5.94. The Bertz CT molecular complexity index is 803. The molecule has 0 spiro atoms. The molecular formula is C17H20N4O5. The lowest BCUT2D eigenvalue weighted by Gasteiger charge is -2.25. The number of carbonyl (C=O) groups excluding carboxylic acids is 2. The number of benzene rings is 1. The van der Waals surface area contributed by atoms with Crippen molar-refractivity contribution in [3.63, 3.8) is 0 Å². The molecule has 1 aromatic heterocycles. The number of carboxylic acids is 1. The standard InChI is InChI=1S/C17H20N4O5/c1-11(17(25)26)20(9-8-18-12(2)22)16(24)15-14(23)10-21(19-15)13-6-4-3-5-7-13/h3-7,10-11,23H,8-9H2,1-2H3,(H,18,22)(H,25,26). The molecule has 1 atom stereocenters. The zero-order chi connectivity index (χ0) is 19.3. The second-order valence-corrected chi connectivity index (χ2v) is 5.64. The molecule has 3 N–H and O–H groups in total. The first-order chi connectivity index (χ1) is 12.3. The fraction of sp³-hybridized carbons (Fsp3) is 0.294. The van der Waals surface area contributed by atoms with Gasteiger partial charge in [0.1, 0.15) is 6.04 Å². The van der Waals surface area contributed by atoms with Crippen LogP contribution < -0.4 is 5.32 Å². The second-order valence-electron chi connectivity index (χ2n) is 5.64. The van der Waals surface area contributed by atoms with E-state index in [-0.39, 0.29) is 30.4 Å². The van der Waals surface area contributed by atoms with E-state index in [1.54, 1.807) is 24.3 Å². The van der Waals surface area contributed by atoms with Gasteiger partial charge in [-0.15, -0.1) is 0 Å². The Labute approximate surface area is 149 Å². The molecule has 1 heterocycles. The highest BCUT2D eigenvalue weighted by Crippen LogP contribution is 2.20. The summed E-state index contributed by atoms with van der Waals surface area (Å²) in [5, 5.41) is 25.9. The van der Waals surface area contributed by atoms with Gasteiger partial charge in [-0.3, -0.25) is 9.59 Å². The van der Waals surface area contributed by atoms with E-state index in [1.807, 2.05) is 6.07 Å². The number of hydrogen-bond donors (Lipinski definition) is 3. The third-order valence-corrected chi connectivity index (χ3v) is 3.73. The quantitative estimate of drug-likeness (QED) is 0.665. The van der Waals surface area contributed by atoms with Crippen LogP contribution in [-0.4, -0.2) is 61.8 Å². The van der Waals surface area contributed by atoms with Crippen LogP contribution in [0.1, 0.15) is 24.3 Å². The smallest absolute Gasteiger partial charge is 0.326 e. The average molecular weight is 360 g/mol. The fourth-order valence-electron chi connectivity index (χ4n) is 2.32. The maximum Gasteiger partial charge on any atom is 0.326 e. The predicted molar refractivity (Wildman–Crippen MR) is 92.0 cm³/mol. The number of nitrogens with zero attached hydrogens (tertiary/aromatic N) is 3. The Morgan fingerprint density at radius 3 is 2.50 bits per heavy atom. The first-order valence-corrected chi connectivity index (χ1v) is 7.93. The molecule has 1 unspecified atom stereocenters. The van der Waals surface area contributed by atoms with Gasteiger partial charge in [0.15, 0.2) is 11.4 Å². The van der Waals surface area contributed by atoms with Crippen LogP contribution in [0.3, 0.4) is 0 Å². The van der Waals surface area contributed by atoms with Gasteiger partial charge in [0.05, 0.1) is 11.9 Å². The Morgan fingerprint density at radius 1 is 1.27 bits per heavy atom. The normalized spacial score (nSPS) is 11.6. The van der Waals surface area contributed by atoms with Gasteiger partial charge in [-0.1, -0.05) is 18.2 Å². The van der Waals surface area contributed by atoms with Crippen LogP contribution in [0.25, 0.3) is 5.69 Å². The summed E-state index contributed by atoms with van der Waals surface area (Å²) < 4.78 is 1.33. The first-order valence-electron chi connectivity index (χ1n) is 7.93. The van der Waals surface area contributed by atoms with Gasteiger partial charge in [0, 0.05) is 20.0 Å². The van der Waals surface area contributed by atoms with Crippen LogP contribution in [0, 0.1) is 0 Å². The Morgan fingerprint density at radius 2 is 1.92 bits per heavy atom. The molecule has 0 radical (unpaired) electrons. The van der Waals surface area contributed by atoms with Gasteiger partial charge in [0.2, 0.25) is 5.91 Å². The number of para-hydroxylation sites is 1. The van der Waals surface area contributed by atoms with E-state index in [2.05, 4.69) is 10.4 Å². The van der Waals surface area contributed by atoms with Crippen LogP contribution in [-0.2, 0) is 9.59 Å². The van der Waals surface area contributed by atoms with E-state index in [4.69, 9.17) is 0 Å². The SMILES string of the molecule is CC(=O)NCCN(C(=O)c1nn(-c2ccccc2)cc1O)C(C)C(=O)O. The molecule has 0 aliphatic heterocycles. The molecule has 9 heteroatoms. The Balaban J connectivity index is 2.28. The lowest BCUT2D eigenvalue weighted by atomic mass is 10.2. The van der Waals surface area contributed by atoms with Crippen LogP contribution in [0.5, 0.6) is 5.75 Å². The van der Waals surface area contributed by atoms with Gasteiger partial charge >= 0.3 is 5.97 Å². The average Bonchev–Trinajstić information content (AvgIpc) is 3.00. The molecule has 0 aliphatic rings. The van der Waals surface area contributed by atoms with E-state index < -0.39 is 17.9 Å². The number of carboxylic acid groups (broad SMARTS) is 1. The Hall–Kier alpha value is -3.36. The van der Waals surface area contributed by atoms with Gasteiger partial charge in [-0.25, -0.2) is 9.48 Å². The third kappa shape index (κ3) is 4.38. The van der Waals surface area contributed by atoms with Crippen molar-refractivity contribution in [1.29, 1.82) is 0 Å². The van der Waals surface area contributed by atoms with Crippen molar-refractivity contribution < 1.29 is 24.6 Å². The van der Waals surface area contributed by atoms with Crippen LogP contribution in [0.2, 0.25) is 0 Å². The third-order valence-electron chi connectivity index (χ3n) is 3.73. The summed E-state index contributed by atoms with van der Waals surface area (Å²) >= 11 is 0. The molecule has 138 valence electrons. The number of aliphatic carboxylic acids is 1. The minimum Gasteiger partial charge on any atom is -0.504 e. The van der Waals surface area contributed by atoms with Crippen molar-refractivity contribution in [3.05, 3.63) is 42.2 Å². The van der Waals surface area contributed by atoms with Crippen molar-refractivity contribution in [1.82, 2.24) is 20.0 Å². The first kappa shape index (κ1) is 19.0. The molecule has 9 nitrogen and oxygen atoms in total. The van der Waals surface area contributed by atoms with Crippen molar-refractivity contribution in [2.45, 2.75) is 19.9 Å². The molecule has 0 saturated carbocycles. The molecule has 1 aromatic carbocycles. The number of amides is 2. The van der Waals surface area contributed by atoms with Gasteiger partial charge in [0.25, 0.3) is 5.91 Å². The van der Waals surface area contributed by atoms with E-state index in [9.17, 15) is 24.6 Å². The summed E-state index contributed by atoms with van der Waals surface area (Å²) in [6, 6.07) is 7.71. The molecule has 0 saturated heterocycles. The number of hydrogen-bond acceptors (Lipinski definition) is 5. The van der Waals surface area contributed by atoms with Gasteiger partial charge < -0.3 is 20.4 Å². The molecule has 0 fully saturated rings. The molecule has 2 aromatic rings. The number of aromatic hydroxyl groups is 1. The largest absolute Gasteiger partial charge is 0.504 e.